The van der Waals surface area contributed by atoms with Crippen LogP contribution in [-0.4, -0.2) is 39.3 Å². The van der Waals surface area contributed by atoms with Crippen molar-refractivity contribution in [2.24, 2.45) is 0 Å². The fourth-order valence-electron chi connectivity index (χ4n) is 3.01. The van der Waals surface area contributed by atoms with E-state index in [1.807, 2.05) is 25.1 Å². The maximum atomic E-state index is 9.39. The quantitative estimate of drug-likeness (QED) is 0.439. The van der Waals surface area contributed by atoms with E-state index in [-0.39, 0.29) is 6.61 Å². The summed E-state index contributed by atoms with van der Waals surface area (Å²) in [6.45, 7) is 12.3. The Morgan fingerprint density at radius 3 is 2.62 bits per heavy atom. The van der Waals surface area contributed by atoms with Crippen molar-refractivity contribution >= 4 is 8.07 Å². The van der Waals surface area contributed by atoms with Crippen LogP contribution in [0.2, 0.25) is 25.7 Å². The van der Waals surface area contributed by atoms with E-state index in [1.54, 1.807) is 18.6 Å². The van der Waals surface area contributed by atoms with E-state index in [2.05, 4.69) is 41.1 Å². The number of nitrogens with zero attached hydrogens (tertiary/aromatic N) is 4. The van der Waals surface area contributed by atoms with Gasteiger partial charge in [0.2, 0.25) is 0 Å². The van der Waals surface area contributed by atoms with E-state index in [4.69, 9.17) is 9.72 Å². The smallest absolute Gasteiger partial charge is 0.161 e. The van der Waals surface area contributed by atoms with Crippen molar-refractivity contribution in [3.63, 3.8) is 0 Å². The largest absolute Gasteiger partial charge is 0.392 e. The van der Waals surface area contributed by atoms with Gasteiger partial charge in [0.15, 0.2) is 5.82 Å². The SMILES string of the molecule is Cc1nc(-c2cc(-c3cncc(CO)c3)ccn2)n(COCC[Si](C)(C)C)c1C. The second-order valence-corrected chi connectivity index (χ2v) is 14.2. The molecule has 0 radical (unpaired) electrons. The van der Waals surface area contributed by atoms with E-state index in [1.165, 1.54) is 0 Å². The number of aliphatic hydroxyl groups excluding tert-OH is 1. The third-order valence-corrected chi connectivity index (χ3v) is 6.68. The number of hydrogen-bond donors (Lipinski definition) is 1. The maximum absolute atomic E-state index is 9.39. The zero-order chi connectivity index (χ0) is 21.0. The lowest BCUT2D eigenvalue weighted by Gasteiger charge is -2.16. The van der Waals surface area contributed by atoms with Crippen molar-refractivity contribution < 1.29 is 9.84 Å². The topological polar surface area (TPSA) is 73.1 Å². The van der Waals surface area contributed by atoms with Crippen molar-refractivity contribution in [1.29, 1.82) is 0 Å². The summed E-state index contributed by atoms with van der Waals surface area (Å²) in [7, 11) is -1.12. The van der Waals surface area contributed by atoms with Gasteiger partial charge < -0.3 is 14.4 Å². The van der Waals surface area contributed by atoms with Crippen LogP contribution in [0.5, 0.6) is 0 Å². The Bertz CT molecular complexity index is 979. The Morgan fingerprint density at radius 1 is 1.10 bits per heavy atom. The molecular weight excluding hydrogens is 380 g/mol. The molecule has 0 aromatic carbocycles. The lowest BCUT2D eigenvalue weighted by molar-refractivity contribution is 0.0869. The van der Waals surface area contributed by atoms with Crippen LogP contribution in [0.15, 0.2) is 36.8 Å². The normalized spacial score (nSPS) is 11.8. The molecule has 154 valence electrons. The highest BCUT2D eigenvalue weighted by molar-refractivity contribution is 6.76. The Hall–Kier alpha value is -2.35. The van der Waals surface area contributed by atoms with E-state index < -0.39 is 8.07 Å². The van der Waals surface area contributed by atoms with Gasteiger partial charge in [0.05, 0.1) is 12.3 Å². The predicted octanol–water partition coefficient (Wildman–Crippen LogP) is 4.43. The minimum absolute atomic E-state index is 0.0314. The van der Waals surface area contributed by atoms with Crippen LogP contribution in [0, 0.1) is 13.8 Å². The highest BCUT2D eigenvalue weighted by Crippen LogP contribution is 2.26. The van der Waals surface area contributed by atoms with Crippen LogP contribution in [0.4, 0.5) is 0 Å². The summed E-state index contributed by atoms with van der Waals surface area (Å²) in [4.78, 5) is 13.5. The van der Waals surface area contributed by atoms with Gasteiger partial charge in [-0.3, -0.25) is 9.97 Å². The molecule has 3 aromatic rings. The molecule has 3 aromatic heterocycles. The van der Waals surface area contributed by atoms with Crippen LogP contribution < -0.4 is 0 Å². The summed E-state index contributed by atoms with van der Waals surface area (Å²) < 4.78 is 8.08. The van der Waals surface area contributed by atoms with Gasteiger partial charge in [0.25, 0.3) is 0 Å². The van der Waals surface area contributed by atoms with Gasteiger partial charge in [-0.25, -0.2) is 4.98 Å². The van der Waals surface area contributed by atoms with E-state index in [9.17, 15) is 5.11 Å². The average Bonchev–Trinajstić information content (AvgIpc) is 2.99. The van der Waals surface area contributed by atoms with E-state index >= 15 is 0 Å². The zero-order valence-corrected chi connectivity index (χ0v) is 18.9. The number of aryl methyl sites for hydroxylation is 1. The Labute approximate surface area is 173 Å². The number of pyridine rings is 2. The molecule has 0 aliphatic carbocycles. The summed E-state index contributed by atoms with van der Waals surface area (Å²) >= 11 is 0. The van der Waals surface area contributed by atoms with Crippen molar-refractivity contribution in [3.8, 4) is 22.6 Å². The van der Waals surface area contributed by atoms with Crippen molar-refractivity contribution in [2.45, 2.75) is 52.9 Å². The Balaban J connectivity index is 1.88. The minimum atomic E-state index is -1.12. The molecule has 3 rings (SSSR count). The molecule has 0 bridgehead atoms. The van der Waals surface area contributed by atoms with Crippen LogP contribution in [0.3, 0.4) is 0 Å². The number of hydrogen-bond acceptors (Lipinski definition) is 5. The fourth-order valence-corrected chi connectivity index (χ4v) is 3.76. The first-order valence-corrected chi connectivity index (χ1v) is 13.6. The zero-order valence-electron chi connectivity index (χ0n) is 17.9. The van der Waals surface area contributed by atoms with Crippen LogP contribution in [-0.2, 0) is 18.1 Å². The molecule has 0 amide bonds. The molecule has 0 atom stereocenters. The Morgan fingerprint density at radius 2 is 1.90 bits per heavy atom. The molecule has 0 fully saturated rings. The van der Waals surface area contributed by atoms with Crippen molar-refractivity contribution in [2.75, 3.05) is 6.61 Å². The lowest BCUT2D eigenvalue weighted by Crippen LogP contribution is -2.22. The van der Waals surface area contributed by atoms with Crippen molar-refractivity contribution in [3.05, 3.63) is 53.7 Å². The molecule has 0 saturated carbocycles. The fraction of sp³-hybridized carbons (Fsp3) is 0.409. The standard InChI is InChI=1S/C22H30N4O2Si/c1-16-17(2)26(15-28-8-9-29(3,4)5)22(25-16)21-11-19(6-7-24-21)20-10-18(14-27)12-23-13-20/h6-7,10-13,27H,8-9,14-15H2,1-5H3. The maximum Gasteiger partial charge on any atom is 0.161 e. The summed E-state index contributed by atoms with van der Waals surface area (Å²) in [5.41, 5.74) is 5.57. The Kier molecular flexibility index (Phi) is 6.62. The van der Waals surface area contributed by atoms with Gasteiger partial charge in [-0.2, -0.15) is 0 Å². The van der Waals surface area contributed by atoms with Crippen LogP contribution >= 0.6 is 0 Å². The number of aliphatic hydroxyl groups is 1. The first-order valence-electron chi connectivity index (χ1n) is 9.91. The molecule has 29 heavy (non-hydrogen) atoms. The first kappa shape index (κ1) is 21.4. The van der Waals surface area contributed by atoms with Gasteiger partial charge in [-0.05, 0) is 49.2 Å². The molecular formula is C22H30N4O2Si. The second kappa shape index (κ2) is 8.98. The van der Waals surface area contributed by atoms with Gasteiger partial charge in [0.1, 0.15) is 12.4 Å². The number of aromatic nitrogens is 4. The molecule has 7 heteroatoms. The summed E-state index contributed by atoms with van der Waals surface area (Å²) in [5, 5.41) is 9.39. The van der Waals surface area contributed by atoms with Crippen molar-refractivity contribution in [1.82, 2.24) is 19.5 Å². The molecule has 6 nitrogen and oxygen atoms in total. The highest BCUT2D eigenvalue weighted by atomic mass is 28.3. The first-order chi connectivity index (χ1) is 13.8. The summed E-state index contributed by atoms with van der Waals surface area (Å²) in [5.74, 6) is 0.807. The minimum Gasteiger partial charge on any atom is -0.392 e. The molecule has 0 aliphatic heterocycles. The molecule has 0 unspecified atom stereocenters. The van der Waals surface area contributed by atoms with Crippen LogP contribution in [0.25, 0.3) is 22.6 Å². The van der Waals surface area contributed by atoms with E-state index in [0.717, 1.165) is 52.2 Å². The van der Waals surface area contributed by atoms with Gasteiger partial charge in [0, 0.05) is 44.5 Å². The predicted molar refractivity (Wildman–Crippen MR) is 118 cm³/mol. The van der Waals surface area contributed by atoms with Gasteiger partial charge in [-0.15, -0.1) is 0 Å². The molecule has 0 saturated heterocycles. The number of ether oxygens (including phenoxy) is 1. The monoisotopic (exact) mass is 410 g/mol. The third-order valence-electron chi connectivity index (χ3n) is 4.97. The molecule has 3 heterocycles. The van der Waals surface area contributed by atoms with E-state index in [0.29, 0.717) is 6.73 Å². The molecule has 1 N–H and O–H groups in total. The summed E-state index contributed by atoms with van der Waals surface area (Å²) in [6.07, 6.45) is 5.25. The lowest BCUT2D eigenvalue weighted by atomic mass is 10.1. The van der Waals surface area contributed by atoms with Crippen LogP contribution in [0.1, 0.15) is 17.0 Å². The second-order valence-electron chi connectivity index (χ2n) is 8.55. The van der Waals surface area contributed by atoms with Gasteiger partial charge in [-0.1, -0.05) is 19.6 Å². The number of rotatable bonds is 8. The molecule has 0 spiro atoms. The molecule has 0 aliphatic rings. The third kappa shape index (κ3) is 5.38. The highest BCUT2D eigenvalue weighted by Gasteiger charge is 2.16. The average molecular weight is 411 g/mol. The van der Waals surface area contributed by atoms with Gasteiger partial charge >= 0.3 is 0 Å². The number of imidazole rings is 1. The summed E-state index contributed by atoms with van der Waals surface area (Å²) in [6, 6.07) is 7.03.